The van der Waals surface area contributed by atoms with Crippen molar-refractivity contribution in [2.75, 3.05) is 40.5 Å². The lowest BCUT2D eigenvalue weighted by atomic mass is 9.84. The van der Waals surface area contributed by atoms with Crippen LogP contribution in [0.25, 0.3) is 33.3 Å². The monoisotopic (exact) mass is 966 g/mol. The summed E-state index contributed by atoms with van der Waals surface area (Å²) in [7, 11) is 3.16. The Labute approximate surface area is 409 Å². The van der Waals surface area contributed by atoms with E-state index in [2.05, 4.69) is 33.3 Å². The number of amides is 4. The minimum Gasteiger partial charge on any atom is -0.506 e. The van der Waals surface area contributed by atoms with Crippen LogP contribution in [0.3, 0.4) is 0 Å². The summed E-state index contributed by atoms with van der Waals surface area (Å²) in [5.74, 6) is -3.53. The molecule has 0 spiro atoms. The summed E-state index contributed by atoms with van der Waals surface area (Å²) >= 11 is 0. The van der Waals surface area contributed by atoms with Gasteiger partial charge in [0.15, 0.2) is 5.67 Å². The number of ether oxygens (including phenoxy) is 3. The van der Waals surface area contributed by atoms with Crippen molar-refractivity contribution in [1.29, 1.82) is 0 Å². The molecule has 2 aromatic heterocycles. The molecule has 0 unspecified atom stereocenters. The molecule has 4 amide bonds. The number of pyridine rings is 1. The molecule has 4 aliphatic rings. The lowest BCUT2D eigenvalue weighted by Crippen LogP contribution is -2.62. The highest BCUT2D eigenvalue weighted by Gasteiger charge is 2.48. The number of hydrogen-bond donors (Lipinski definition) is 3. The number of aromatic nitrogens is 2. The fourth-order valence-electron chi connectivity index (χ4n) is 10.9. The molecular weight excluding hydrogens is 898 g/mol. The molecule has 8 bridgehead atoms. The summed E-state index contributed by atoms with van der Waals surface area (Å²) in [4.78, 5) is 79.3. The van der Waals surface area contributed by atoms with Gasteiger partial charge < -0.3 is 39.0 Å². The fraction of sp³-hybridized carbons (Fsp3) is 0.547. The number of hydrazine groups is 1. The number of methoxy groups -OCH3 is 1. The van der Waals surface area contributed by atoms with Crippen LogP contribution in [0.2, 0.25) is 0 Å². The second-order valence-corrected chi connectivity index (χ2v) is 21.1. The number of esters is 1. The number of nitrogens with zero attached hydrogens (tertiary/aromatic N) is 5. The number of benzene rings is 2. The lowest BCUT2D eigenvalue weighted by molar-refractivity contribution is -0.155. The molecule has 2 aromatic carbocycles. The van der Waals surface area contributed by atoms with Gasteiger partial charge >= 0.3 is 5.97 Å². The lowest BCUT2D eigenvalue weighted by Gasteiger charge is -2.38. The Morgan fingerprint density at radius 1 is 1.00 bits per heavy atom. The average Bonchev–Trinajstić information content (AvgIpc) is 3.88. The van der Waals surface area contributed by atoms with Gasteiger partial charge in [0.25, 0.3) is 11.8 Å². The first kappa shape index (κ1) is 50.3. The Hall–Kier alpha value is -6.07. The molecule has 4 aliphatic heterocycles. The number of aryl methyl sites for hydroxylation is 1. The van der Waals surface area contributed by atoms with Crippen LogP contribution in [0.1, 0.15) is 97.6 Å². The van der Waals surface area contributed by atoms with E-state index in [4.69, 9.17) is 14.2 Å². The highest BCUT2D eigenvalue weighted by Crippen LogP contribution is 2.43. The minimum atomic E-state index is -2.22. The number of cyclic esters (lactones) is 1. The zero-order chi connectivity index (χ0) is 50.6. The van der Waals surface area contributed by atoms with Crippen LogP contribution in [0.4, 0.5) is 4.39 Å². The molecule has 4 aromatic rings. The Kier molecular flexibility index (Phi) is 14.1. The third-order valence-corrected chi connectivity index (χ3v) is 14.5. The van der Waals surface area contributed by atoms with E-state index in [-0.39, 0.29) is 44.9 Å². The van der Waals surface area contributed by atoms with E-state index in [1.807, 2.05) is 58.9 Å². The fourth-order valence-corrected chi connectivity index (χ4v) is 10.9. The summed E-state index contributed by atoms with van der Waals surface area (Å²) in [5.41, 5.74) is 6.49. The van der Waals surface area contributed by atoms with Gasteiger partial charge in [0, 0.05) is 62.1 Å². The predicted octanol–water partition coefficient (Wildman–Crippen LogP) is 6.29. The van der Waals surface area contributed by atoms with Gasteiger partial charge in [-0.3, -0.25) is 34.0 Å². The van der Waals surface area contributed by atoms with Gasteiger partial charge in [0.2, 0.25) is 11.8 Å². The number of likely N-dealkylation sites (N-methyl/N-ethyl adjacent to an activating group) is 1. The highest BCUT2D eigenvalue weighted by atomic mass is 19.1. The van der Waals surface area contributed by atoms with Crippen molar-refractivity contribution >= 4 is 40.5 Å². The summed E-state index contributed by atoms with van der Waals surface area (Å²) < 4.78 is 36.2. The smallest absolute Gasteiger partial charge is 0.324 e. The van der Waals surface area contributed by atoms with Crippen molar-refractivity contribution in [3.63, 3.8) is 0 Å². The van der Waals surface area contributed by atoms with E-state index in [1.165, 1.54) is 34.9 Å². The number of fused-ring (bicyclic) bond motifs is 8. The SMILES string of the molecule is CCn1c(-c2cc(O)cnc2[C@H](C)OC)c2c3cc(ccc31)-c1cc3cc(c1)OC[C@@H]1[C@H](CCN1C(=O)C(C)(C)F)C(=O)N(C)[C@@H](C(C)C)C(=O)N[C@@H](C3)C(=O)N1CCC[C@H](N1)C(=O)OCC(C)(C)C2. The van der Waals surface area contributed by atoms with Crippen molar-refractivity contribution < 1.29 is 47.7 Å². The zero-order valence-electron chi connectivity index (χ0n) is 42.1. The molecule has 2 saturated heterocycles. The molecule has 6 heterocycles. The van der Waals surface area contributed by atoms with Crippen LogP contribution in [-0.2, 0) is 52.8 Å². The van der Waals surface area contributed by atoms with Crippen LogP contribution >= 0.6 is 0 Å². The average molecular weight is 966 g/mol. The number of aromatic hydroxyl groups is 1. The number of carbonyl (C=O) groups excluding carboxylic acids is 5. The van der Waals surface area contributed by atoms with Crippen LogP contribution in [0.5, 0.6) is 11.5 Å². The molecule has 16 nitrogen and oxygen atoms in total. The topological polar surface area (TPSA) is 185 Å². The largest absolute Gasteiger partial charge is 0.506 e. The number of hydrogen-bond acceptors (Lipinski definition) is 11. The molecule has 2 fully saturated rings. The molecule has 0 radical (unpaired) electrons. The number of halogens is 1. The normalized spacial score (nSPS) is 24.0. The number of alkyl halides is 1. The Bertz CT molecular complexity index is 2690. The Balaban J connectivity index is 1.36. The number of rotatable bonds is 6. The van der Waals surface area contributed by atoms with E-state index in [0.29, 0.717) is 48.4 Å². The maximum atomic E-state index is 15.5. The molecule has 17 heteroatoms. The molecule has 376 valence electrons. The summed E-state index contributed by atoms with van der Waals surface area (Å²) in [6, 6.07) is 9.63. The molecule has 6 atom stereocenters. The van der Waals surface area contributed by atoms with Gasteiger partial charge in [0.1, 0.15) is 36.2 Å². The molecule has 70 heavy (non-hydrogen) atoms. The maximum absolute atomic E-state index is 15.5. The van der Waals surface area contributed by atoms with E-state index in [9.17, 15) is 29.1 Å². The molecule has 0 aliphatic carbocycles. The third-order valence-electron chi connectivity index (χ3n) is 14.5. The maximum Gasteiger partial charge on any atom is 0.324 e. The summed E-state index contributed by atoms with van der Waals surface area (Å²) in [5, 5.41) is 16.3. The van der Waals surface area contributed by atoms with Gasteiger partial charge in [-0.1, -0.05) is 39.8 Å². The Morgan fingerprint density at radius 3 is 2.46 bits per heavy atom. The van der Waals surface area contributed by atoms with E-state index in [0.717, 1.165) is 33.3 Å². The molecular formula is C53H68FN7O9. The van der Waals surface area contributed by atoms with Gasteiger partial charge in [-0.25, -0.2) is 9.82 Å². The van der Waals surface area contributed by atoms with Gasteiger partial charge in [-0.05, 0) is 112 Å². The predicted molar refractivity (Wildman–Crippen MR) is 261 cm³/mol. The Morgan fingerprint density at radius 2 is 1.76 bits per heavy atom. The first-order valence-electron chi connectivity index (χ1n) is 24.6. The van der Waals surface area contributed by atoms with Crippen LogP contribution in [0.15, 0.2) is 48.7 Å². The zero-order valence-corrected chi connectivity index (χ0v) is 42.1. The van der Waals surface area contributed by atoms with Gasteiger partial charge in [0.05, 0.1) is 42.3 Å². The van der Waals surface area contributed by atoms with Crippen LogP contribution < -0.4 is 15.5 Å². The number of likely N-dealkylation sites (tertiary alicyclic amines) is 1. The second-order valence-electron chi connectivity index (χ2n) is 21.1. The molecule has 3 N–H and O–H groups in total. The molecule has 0 saturated carbocycles. The highest BCUT2D eigenvalue weighted by molar-refractivity contribution is 5.96. The van der Waals surface area contributed by atoms with Gasteiger partial charge in [-0.2, -0.15) is 0 Å². The van der Waals surface area contributed by atoms with Gasteiger partial charge in [-0.15, -0.1) is 0 Å². The van der Waals surface area contributed by atoms with Crippen LogP contribution in [-0.4, -0.2) is 129 Å². The van der Waals surface area contributed by atoms with Crippen molar-refractivity contribution in [3.05, 3.63) is 65.5 Å². The second kappa shape index (κ2) is 19.6. The first-order valence-corrected chi connectivity index (χ1v) is 24.6. The van der Waals surface area contributed by atoms with Crippen molar-refractivity contribution in [3.8, 4) is 33.9 Å². The van der Waals surface area contributed by atoms with Crippen molar-refractivity contribution in [2.24, 2.45) is 17.3 Å². The van der Waals surface area contributed by atoms with E-state index in [1.54, 1.807) is 26.3 Å². The standard InChI is InChI=1S/C53H68FN7O9/c1-11-59-42-15-14-32-23-37(42)39(46(59)38-24-34(62)26-55-44(38)30(4)68-10)25-52(5,6)28-70-50(66)40-13-12-17-61(57-40)49(65)41-21-31-19-33(32)22-35(20-31)69-27-43-36(16-18-60(43)51(67)53(7,8)54)48(64)58(9)45(29(2)3)47(63)56-41/h14-15,19-20,22-24,26,29-30,36,40-41,43,45,57,62H,11-13,16-18,21,25,27-28H2,1-10H3,(H,56,63)/t30-,36-,40-,41-,43+,45-/m0/s1. The number of nitrogens with one attached hydrogen (secondary N) is 2. The number of carbonyl (C=O) groups is 5. The van der Waals surface area contributed by atoms with E-state index >= 15 is 4.39 Å². The van der Waals surface area contributed by atoms with Crippen molar-refractivity contribution in [2.45, 2.75) is 130 Å². The minimum absolute atomic E-state index is 0.000250. The van der Waals surface area contributed by atoms with Crippen molar-refractivity contribution in [1.82, 2.24) is 35.1 Å². The van der Waals surface area contributed by atoms with Crippen LogP contribution in [0, 0.1) is 17.3 Å². The summed E-state index contributed by atoms with van der Waals surface area (Å²) in [6.07, 6.45) is 2.57. The molecule has 8 rings (SSSR count). The quantitative estimate of drug-likeness (QED) is 0.185. The summed E-state index contributed by atoms with van der Waals surface area (Å²) in [6.45, 7) is 14.9. The first-order chi connectivity index (χ1) is 33.1. The third kappa shape index (κ3) is 9.83. The van der Waals surface area contributed by atoms with E-state index < -0.39 is 82.8 Å².